The lowest BCUT2D eigenvalue weighted by molar-refractivity contribution is -0.137. The summed E-state index contributed by atoms with van der Waals surface area (Å²) in [5.74, 6) is -0.917. The van der Waals surface area contributed by atoms with Gasteiger partial charge in [0.1, 0.15) is 5.25 Å². The van der Waals surface area contributed by atoms with Crippen molar-refractivity contribution in [3.8, 4) is 5.75 Å². The Morgan fingerprint density at radius 3 is 3.04 bits per heavy atom. The zero-order chi connectivity index (χ0) is 17.3. The van der Waals surface area contributed by atoms with Crippen LogP contribution in [0.3, 0.4) is 0 Å². The van der Waals surface area contributed by atoms with Crippen molar-refractivity contribution in [1.29, 1.82) is 0 Å². The molecule has 3 rings (SSSR count). The Labute approximate surface area is 140 Å². The molecule has 24 heavy (non-hydrogen) atoms. The summed E-state index contributed by atoms with van der Waals surface area (Å²) in [5.41, 5.74) is 0.826. The van der Waals surface area contributed by atoms with Gasteiger partial charge in [0.2, 0.25) is 0 Å². The van der Waals surface area contributed by atoms with Crippen molar-refractivity contribution in [1.82, 2.24) is 4.90 Å². The molecule has 2 unspecified atom stereocenters. The molecule has 2 saturated heterocycles. The number of hydrogen-bond acceptors (Lipinski definition) is 5. The summed E-state index contributed by atoms with van der Waals surface area (Å²) in [4.78, 5) is 14.0. The fourth-order valence-corrected chi connectivity index (χ4v) is 5.02. The molecule has 6 nitrogen and oxygen atoms in total. The van der Waals surface area contributed by atoms with Crippen LogP contribution in [0.25, 0.3) is 0 Å². The summed E-state index contributed by atoms with van der Waals surface area (Å²) in [6.07, 6.45) is 0.481. The van der Waals surface area contributed by atoms with Gasteiger partial charge in [-0.1, -0.05) is 6.07 Å². The molecule has 0 saturated carbocycles. The maximum atomic E-state index is 13.7. The molecule has 2 aliphatic rings. The van der Waals surface area contributed by atoms with Crippen molar-refractivity contribution in [2.24, 2.45) is 0 Å². The van der Waals surface area contributed by atoms with Gasteiger partial charge in [0.15, 0.2) is 28.0 Å². The maximum Gasteiger partial charge on any atom is 0.260 e. The number of ether oxygens (including phenoxy) is 2. The number of rotatable bonds is 3. The lowest BCUT2D eigenvalue weighted by Crippen LogP contribution is -2.60. The summed E-state index contributed by atoms with van der Waals surface area (Å²) in [6.45, 7) is 2.17. The maximum absolute atomic E-state index is 13.7. The van der Waals surface area contributed by atoms with E-state index in [4.69, 9.17) is 9.47 Å². The molecule has 1 aromatic rings. The molecule has 0 spiro atoms. The molecule has 2 fully saturated rings. The molecule has 2 atom stereocenters. The lowest BCUT2D eigenvalue weighted by atomic mass is 10.1. The van der Waals surface area contributed by atoms with Crippen molar-refractivity contribution in [2.45, 2.75) is 24.6 Å². The topological polar surface area (TPSA) is 72.9 Å². The molecule has 0 radical (unpaired) electrons. The number of carbonyl (C=O) groups is 1. The largest absolute Gasteiger partial charge is 0.481 e. The summed E-state index contributed by atoms with van der Waals surface area (Å²) in [7, 11) is -3.25. The first-order valence-electron chi connectivity index (χ1n) is 7.86. The predicted molar refractivity (Wildman–Crippen MR) is 85.1 cm³/mol. The highest BCUT2D eigenvalue weighted by Crippen LogP contribution is 2.26. The number of halogens is 1. The SMILES string of the molecule is Cc1ccc(F)c(OCC(=O)N2CCS(=O)(=O)C3COCCC32)c1. The highest BCUT2D eigenvalue weighted by Gasteiger charge is 2.45. The van der Waals surface area contributed by atoms with E-state index in [0.29, 0.717) is 13.0 Å². The van der Waals surface area contributed by atoms with Gasteiger partial charge < -0.3 is 14.4 Å². The Kier molecular flexibility index (Phi) is 4.78. The molecule has 132 valence electrons. The van der Waals surface area contributed by atoms with E-state index in [1.807, 2.05) is 0 Å². The molecular weight excluding hydrogens is 337 g/mol. The second kappa shape index (κ2) is 6.68. The third-order valence-electron chi connectivity index (χ3n) is 4.51. The van der Waals surface area contributed by atoms with E-state index in [0.717, 1.165) is 5.56 Å². The van der Waals surface area contributed by atoms with Gasteiger partial charge in [-0.25, -0.2) is 12.8 Å². The number of nitrogens with zero attached hydrogens (tertiary/aromatic N) is 1. The fraction of sp³-hybridized carbons (Fsp3) is 0.562. The molecule has 0 aliphatic carbocycles. The van der Waals surface area contributed by atoms with Gasteiger partial charge in [-0.3, -0.25) is 4.79 Å². The highest BCUT2D eigenvalue weighted by atomic mass is 32.2. The van der Waals surface area contributed by atoms with Gasteiger partial charge >= 0.3 is 0 Å². The van der Waals surface area contributed by atoms with E-state index < -0.39 is 26.9 Å². The molecule has 1 amide bonds. The minimum absolute atomic E-state index is 0.0245. The smallest absolute Gasteiger partial charge is 0.260 e. The van der Waals surface area contributed by atoms with Gasteiger partial charge in [0.25, 0.3) is 5.91 Å². The Morgan fingerprint density at radius 1 is 1.46 bits per heavy atom. The third-order valence-corrected chi connectivity index (χ3v) is 6.63. The van der Waals surface area contributed by atoms with Gasteiger partial charge in [-0.05, 0) is 31.0 Å². The van der Waals surface area contributed by atoms with Crippen molar-refractivity contribution in [3.05, 3.63) is 29.6 Å². The third kappa shape index (κ3) is 3.39. The zero-order valence-electron chi connectivity index (χ0n) is 13.4. The monoisotopic (exact) mass is 357 g/mol. The van der Waals surface area contributed by atoms with E-state index in [-0.39, 0.29) is 37.2 Å². The molecular formula is C16H20FNO5S. The first kappa shape index (κ1) is 17.2. The summed E-state index contributed by atoms with van der Waals surface area (Å²) in [5, 5.41) is -0.681. The molecule has 0 N–H and O–H groups in total. The van der Waals surface area contributed by atoms with Crippen LogP contribution >= 0.6 is 0 Å². The van der Waals surface area contributed by atoms with E-state index in [2.05, 4.69) is 0 Å². The molecule has 0 aromatic heterocycles. The number of amides is 1. The van der Waals surface area contributed by atoms with Gasteiger partial charge in [-0.15, -0.1) is 0 Å². The number of aryl methyl sites for hydroxylation is 1. The van der Waals surface area contributed by atoms with Crippen LogP contribution in [0.4, 0.5) is 4.39 Å². The molecule has 1 aromatic carbocycles. The average Bonchev–Trinajstić information content (AvgIpc) is 2.56. The number of fused-ring (bicyclic) bond motifs is 1. The van der Waals surface area contributed by atoms with Crippen LogP contribution in [0.2, 0.25) is 0 Å². The van der Waals surface area contributed by atoms with Gasteiger partial charge in [0.05, 0.1) is 18.4 Å². The second-order valence-corrected chi connectivity index (χ2v) is 8.49. The van der Waals surface area contributed by atoms with Crippen molar-refractivity contribution >= 4 is 15.7 Å². The number of benzene rings is 1. The Morgan fingerprint density at radius 2 is 2.25 bits per heavy atom. The minimum Gasteiger partial charge on any atom is -0.481 e. The number of hydrogen-bond donors (Lipinski definition) is 0. The van der Waals surface area contributed by atoms with Crippen LogP contribution in [-0.4, -0.2) is 62.6 Å². The van der Waals surface area contributed by atoms with Crippen LogP contribution in [0.1, 0.15) is 12.0 Å². The van der Waals surface area contributed by atoms with Crippen LogP contribution < -0.4 is 4.74 Å². The minimum atomic E-state index is -3.25. The predicted octanol–water partition coefficient (Wildman–Crippen LogP) is 0.927. The van der Waals surface area contributed by atoms with Gasteiger partial charge in [0, 0.05) is 13.2 Å². The summed E-state index contributed by atoms with van der Waals surface area (Å²) < 4.78 is 48.6. The van der Waals surface area contributed by atoms with E-state index in [1.165, 1.54) is 12.1 Å². The van der Waals surface area contributed by atoms with Crippen molar-refractivity contribution in [2.75, 3.05) is 32.1 Å². The molecule has 8 heteroatoms. The molecule has 2 heterocycles. The van der Waals surface area contributed by atoms with Crippen molar-refractivity contribution in [3.63, 3.8) is 0 Å². The van der Waals surface area contributed by atoms with Crippen LogP contribution in [-0.2, 0) is 19.4 Å². The molecule has 2 aliphatic heterocycles. The Balaban J connectivity index is 1.69. The number of sulfone groups is 1. The number of carbonyl (C=O) groups excluding carboxylic acids is 1. The zero-order valence-corrected chi connectivity index (χ0v) is 14.2. The summed E-state index contributed by atoms with van der Waals surface area (Å²) in [6, 6.07) is 4.04. The van der Waals surface area contributed by atoms with Gasteiger partial charge in [-0.2, -0.15) is 0 Å². The van der Waals surface area contributed by atoms with Crippen LogP contribution in [0.5, 0.6) is 5.75 Å². The van der Waals surface area contributed by atoms with Crippen LogP contribution in [0, 0.1) is 12.7 Å². The average molecular weight is 357 g/mol. The Hall–Kier alpha value is -1.67. The summed E-state index contributed by atoms with van der Waals surface area (Å²) >= 11 is 0. The first-order valence-corrected chi connectivity index (χ1v) is 9.58. The van der Waals surface area contributed by atoms with Crippen molar-refractivity contribution < 1.29 is 27.1 Å². The van der Waals surface area contributed by atoms with E-state index in [1.54, 1.807) is 17.9 Å². The normalized spacial score (nSPS) is 25.8. The lowest BCUT2D eigenvalue weighted by Gasteiger charge is -2.43. The Bertz CT molecular complexity index is 736. The van der Waals surface area contributed by atoms with E-state index >= 15 is 0 Å². The highest BCUT2D eigenvalue weighted by molar-refractivity contribution is 7.92. The second-order valence-electron chi connectivity index (χ2n) is 6.15. The standard InChI is InChI=1S/C16H20FNO5S/c1-11-2-3-12(17)14(8-11)23-10-16(19)18-5-7-24(20,21)15-9-22-6-4-13(15)18/h2-3,8,13,15H,4-7,9-10H2,1H3. The van der Waals surface area contributed by atoms with E-state index in [9.17, 15) is 17.6 Å². The van der Waals surface area contributed by atoms with Crippen LogP contribution in [0.15, 0.2) is 18.2 Å². The first-order chi connectivity index (χ1) is 11.4. The quantitative estimate of drug-likeness (QED) is 0.805. The molecule has 0 bridgehead atoms. The fourth-order valence-electron chi connectivity index (χ4n) is 3.20.